The van der Waals surface area contributed by atoms with Gasteiger partial charge in [-0.3, -0.25) is 0 Å². The summed E-state index contributed by atoms with van der Waals surface area (Å²) in [5, 5.41) is 0. The van der Waals surface area contributed by atoms with E-state index in [0.717, 1.165) is 13.0 Å². The van der Waals surface area contributed by atoms with Crippen LogP contribution in [0, 0.1) is 6.92 Å². The fraction of sp³-hybridized carbons (Fsp3) is 0.385. The highest BCUT2D eigenvalue weighted by atomic mass is 14.5. The summed E-state index contributed by atoms with van der Waals surface area (Å²) >= 11 is 0. The molecule has 1 aliphatic carbocycles. The molecule has 1 nitrogen and oxygen atoms in total. The molecule has 0 aromatic heterocycles. The average molecular weight is 187 g/mol. The summed E-state index contributed by atoms with van der Waals surface area (Å²) in [6.45, 7) is 2.90. The highest BCUT2D eigenvalue weighted by Gasteiger charge is 2.11. The van der Waals surface area contributed by atoms with Crippen molar-refractivity contribution in [2.24, 2.45) is 5.73 Å². The average Bonchev–Trinajstić information content (AvgIpc) is 2.18. The van der Waals surface area contributed by atoms with Gasteiger partial charge in [0.1, 0.15) is 0 Å². The van der Waals surface area contributed by atoms with Crippen molar-refractivity contribution in [1.29, 1.82) is 0 Å². The Morgan fingerprint density at radius 3 is 3.00 bits per heavy atom. The summed E-state index contributed by atoms with van der Waals surface area (Å²) in [5.74, 6) is 0. The second-order valence-corrected chi connectivity index (χ2v) is 3.97. The van der Waals surface area contributed by atoms with Crippen LogP contribution in [0.4, 0.5) is 0 Å². The molecule has 0 amide bonds. The van der Waals surface area contributed by atoms with Crippen molar-refractivity contribution in [2.45, 2.75) is 26.2 Å². The molecule has 2 rings (SSSR count). The predicted molar refractivity (Wildman–Crippen MR) is 61.1 cm³/mol. The second-order valence-electron chi connectivity index (χ2n) is 3.97. The first-order valence-corrected chi connectivity index (χ1v) is 5.30. The van der Waals surface area contributed by atoms with Crippen LogP contribution >= 0.6 is 0 Å². The van der Waals surface area contributed by atoms with Crippen LogP contribution < -0.4 is 5.73 Å². The standard InChI is InChI=1S/C13H17N/c1-10-5-6-13-11(7-8-14)3-2-4-12(13)9-10/h3,5-6,9H,2,4,7-8,14H2,1H3. The molecule has 0 fully saturated rings. The van der Waals surface area contributed by atoms with E-state index in [0.29, 0.717) is 0 Å². The van der Waals surface area contributed by atoms with Gasteiger partial charge in [0.05, 0.1) is 0 Å². The summed E-state index contributed by atoms with van der Waals surface area (Å²) in [7, 11) is 0. The molecule has 0 bridgehead atoms. The maximum atomic E-state index is 5.61. The molecule has 1 aliphatic rings. The van der Waals surface area contributed by atoms with E-state index in [4.69, 9.17) is 5.73 Å². The summed E-state index contributed by atoms with van der Waals surface area (Å²) in [5.41, 5.74) is 11.3. The molecular weight excluding hydrogens is 170 g/mol. The van der Waals surface area contributed by atoms with Gasteiger partial charge in [0.2, 0.25) is 0 Å². The Bertz CT molecular complexity index is 363. The molecule has 1 aromatic carbocycles. The third kappa shape index (κ3) is 1.73. The summed E-state index contributed by atoms with van der Waals surface area (Å²) in [6, 6.07) is 6.73. The number of benzene rings is 1. The minimum atomic E-state index is 0.749. The molecular formula is C13H17N. The van der Waals surface area contributed by atoms with Crippen molar-refractivity contribution in [3.8, 4) is 0 Å². The first kappa shape index (κ1) is 9.47. The highest BCUT2D eigenvalue weighted by Crippen LogP contribution is 2.28. The van der Waals surface area contributed by atoms with Crippen molar-refractivity contribution in [3.05, 3.63) is 41.0 Å². The first-order chi connectivity index (χ1) is 6.81. The van der Waals surface area contributed by atoms with Crippen LogP contribution in [0.3, 0.4) is 0 Å². The summed E-state index contributed by atoms with van der Waals surface area (Å²) in [4.78, 5) is 0. The van der Waals surface area contributed by atoms with E-state index in [1.807, 2.05) is 0 Å². The number of aryl methyl sites for hydroxylation is 2. The van der Waals surface area contributed by atoms with Crippen molar-refractivity contribution >= 4 is 5.57 Å². The number of nitrogens with two attached hydrogens (primary N) is 1. The lowest BCUT2D eigenvalue weighted by molar-refractivity contribution is 0.938. The summed E-state index contributed by atoms with van der Waals surface area (Å²) < 4.78 is 0. The van der Waals surface area contributed by atoms with Gasteiger partial charge in [-0.2, -0.15) is 0 Å². The minimum Gasteiger partial charge on any atom is -0.330 e. The predicted octanol–water partition coefficient (Wildman–Crippen LogP) is 2.67. The molecule has 1 heteroatoms. The second kappa shape index (κ2) is 3.97. The zero-order valence-electron chi connectivity index (χ0n) is 8.72. The molecule has 0 saturated carbocycles. The normalized spacial score (nSPS) is 14.9. The van der Waals surface area contributed by atoms with Crippen LogP contribution in [0.2, 0.25) is 0 Å². The zero-order valence-corrected chi connectivity index (χ0v) is 8.72. The highest BCUT2D eigenvalue weighted by molar-refractivity contribution is 5.70. The molecule has 0 saturated heterocycles. The van der Waals surface area contributed by atoms with Gasteiger partial charge in [0, 0.05) is 0 Å². The van der Waals surface area contributed by atoms with E-state index < -0.39 is 0 Å². The Morgan fingerprint density at radius 1 is 1.36 bits per heavy atom. The first-order valence-electron chi connectivity index (χ1n) is 5.30. The molecule has 1 aromatic rings. The van der Waals surface area contributed by atoms with Gasteiger partial charge in [0.15, 0.2) is 0 Å². The van der Waals surface area contributed by atoms with E-state index in [1.165, 1.54) is 35.1 Å². The molecule has 0 atom stereocenters. The van der Waals surface area contributed by atoms with E-state index in [9.17, 15) is 0 Å². The van der Waals surface area contributed by atoms with Gasteiger partial charge in [-0.1, -0.05) is 29.8 Å². The van der Waals surface area contributed by atoms with Crippen LogP contribution in [0.1, 0.15) is 29.5 Å². The zero-order chi connectivity index (χ0) is 9.97. The molecule has 0 heterocycles. The minimum absolute atomic E-state index is 0.749. The Labute approximate surface area is 85.6 Å². The van der Waals surface area contributed by atoms with Crippen molar-refractivity contribution < 1.29 is 0 Å². The van der Waals surface area contributed by atoms with Crippen LogP contribution in [0.15, 0.2) is 24.3 Å². The van der Waals surface area contributed by atoms with Gasteiger partial charge in [-0.15, -0.1) is 0 Å². The van der Waals surface area contributed by atoms with E-state index in [-0.39, 0.29) is 0 Å². The van der Waals surface area contributed by atoms with Crippen molar-refractivity contribution in [2.75, 3.05) is 6.54 Å². The van der Waals surface area contributed by atoms with Gasteiger partial charge in [0.25, 0.3) is 0 Å². The van der Waals surface area contributed by atoms with Crippen LogP contribution in [-0.2, 0) is 6.42 Å². The molecule has 0 spiro atoms. The number of fused-ring (bicyclic) bond motifs is 1. The number of hydrogen-bond acceptors (Lipinski definition) is 1. The topological polar surface area (TPSA) is 26.0 Å². The van der Waals surface area contributed by atoms with Crippen LogP contribution in [0.25, 0.3) is 5.57 Å². The molecule has 14 heavy (non-hydrogen) atoms. The maximum Gasteiger partial charge on any atom is -0.00366 e. The molecule has 0 radical (unpaired) electrons. The molecule has 0 unspecified atom stereocenters. The lowest BCUT2D eigenvalue weighted by Crippen LogP contribution is -2.05. The Hall–Kier alpha value is -1.08. The SMILES string of the molecule is Cc1ccc2c(c1)CCC=C2CCN. The molecule has 74 valence electrons. The van der Waals surface area contributed by atoms with Gasteiger partial charge in [-0.25, -0.2) is 0 Å². The van der Waals surface area contributed by atoms with E-state index in [1.54, 1.807) is 0 Å². The maximum absolute atomic E-state index is 5.61. The van der Waals surface area contributed by atoms with E-state index >= 15 is 0 Å². The largest absolute Gasteiger partial charge is 0.330 e. The number of hydrogen-bond donors (Lipinski definition) is 1. The fourth-order valence-corrected chi connectivity index (χ4v) is 2.15. The van der Waals surface area contributed by atoms with Crippen molar-refractivity contribution in [1.82, 2.24) is 0 Å². The van der Waals surface area contributed by atoms with Gasteiger partial charge >= 0.3 is 0 Å². The monoisotopic (exact) mass is 187 g/mol. The van der Waals surface area contributed by atoms with E-state index in [2.05, 4.69) is 31.2 Å². The third-order valence-corrected chi connectivity index (χ3v) is 2.82. The summed E-state index contributed by atoms with van der Waals surface area (Å²) in [6.07, 6.45) is 5.71. The quantitative estimate of drug-likeness (QED) is 0.757. The fourth-order valence-electron chi connectivity index (χ4n) is 2.15. The molecule has 0 aliphatic heterocycles. The van der Waals surface area contributed by atoms with Crippen molar-refractivity contribution in [3.63, 3.8) is 0 Å². The number of rotatable bonds is 2. The smallest absolute Gasteiger partial charge is 0.00366 e. The Balaban J connectivity index is 2.38. The van der Waals surface area contributed by atoms with Crippen LogP contribution in [-0.4, -0.2) is 6.54 Å². The lowest BCUT2D eigenvalue weighted by atomic mass is 9.88. The third-order valence-electron chi connectivity index (χ3n) is 2.82. The molecule has 2 N–H and O–H groups in total. The van der Waals surface area contributed by atoms with Gasteiger partial charge < -0.3 is 5.73 Å². The van der Waals surface area contributed by atoms with Crippen LogP contribution in [0.5, 0.6) is 0 Å². The lowest BCUT2D eigenvalue weighted by Gasteiger charge is -2.17. The Kier molecular flexibility index (Phi) is 2.69. The van der Waals surface area contributed by atoms with Gasteiger partial charge in [-0.05, 0) is 49.4 Å². The Morgan fingerprint density at radius 2 is 2.21 bits per heavy atom. The number of allylic oxidation sites excluding steroid dienone is 1.